The number of ether oxygens (including phenoxy) is 2. The first-order chi connectivity index (χ1) is 16.6. The zero-order valence-corrected chi connectivity index (χ0v) is 20.4. The van der Waals surface area contributed by atoms with Crippen LogP contribution in [-0.2, 0) is 11.2 Å². The molecule has 0 spiro atoms. The van der Waals surface area contributed by atoms with Gasteiger partial charge in [0.2, 0.25) is 5.89 Å². The summed E-state index contributed by atoms with van der Waals surface area (Å²) in [5.41, 5.74) is 3.30. The monoisotopic (exact) mass is 476 g/mol. The molecule has 0 unspecified atom stereocenters. The topological polar surface area (TPSA) is 108 Å². The predicted molar refractivity (Wildman–Crippen MR) is 130 cm³/mol. The van der Waals surface area contributed by atoms with Gasteiger partial charge < -0.3 is 23.5 Å². The second-order valence-electron chi connectivity index (χ2n) is 8.79. The van der Waals surface area contributed by atoms with Crippen molar-refractivity contribution in [2.75, 3.05) is 6.61 Å². The Bertz CT molecular complexity index is 1300. The van der Waals surface area contributed by atoms with Crippen LogP contribution in [0.1, 0.15) is 36.8 Å². The van der Waals surface area contributed by atoms with Gasteiger partial charge in [-0.2, -0.15) is 0 Å². The molecule has 2 aromatic carbocycles. The van der Waals surface area contributed by atoms with E-state index in [1.807, 2.05) is 45.0 Å². The maximum Gasteiger partial charge on any atom is 0.347 e. The molecule has 0 saturated heterocycles. The van der Waals surface area contributed by atoms with Gasteiger partial charge in [-0.05, 0) is 76.6 Å². The van der Waals surface area contributed by atoms with Crippen LogP contribution >= 0.6 is 0 Å². The molecule has 0 saturated carbocycles. The molecule has 4 rings (SSSR count). The summed E-state index contributed by atoms with van der Waals surface area (Å²) in [6, 6.07) is 14.8. The molecular formula is C27H28N2O6. The summed E-state index contributed by atoms with van der Waals surface area (Å²) >= 11 is 0. The number of hydrogen-bond acceptors (Lipinski definition) is 7. The first-order valence-electron chi connectivity index (χ1n) is 11.3. The molecule has 35 heavy (non-hydrogen) atoms. The Morgan fingerprint density at radius 3 is 2.17 bits per heavy atom. The number of carbonyl (C=O) groups is 1. The Morgan fingerprint density at radius 1 is 0.943 bits per heavy atom. The van der Waals surface area contributed by atoms with E-state index in [4.69, 9.17) is 18.4 Å². The lowest BCUT2D eigenvalue weighted by Gasteiger charge is -2.21. The maximum atomic E-state index is 11.2. The van der Waals surface area contributed by atoms with E-state index in [1.165, 1.54) is 13.8 Å². The van der Waals surface area contributed by atoms with Crippen LogP contribution in [0.25, 0.3) is 22.6 Å². The van der Waals surface area contributed by atoms with Crippen LogP contribution < -0.4 is 9.47 Å². The van der Waals surface area contributed by atoms with Gasteiger partial charge in [0.25, 0.3) is 0 Å². The Labute approximate surface area is 203 Å². The Kier molecular flexibility index (Phi) is 6.64. The quantitative estimate of drug-likeness (QED) is 0.324. The van der Waals surface area contributed by atoms with Gasteiger partial charge in [-0.25, -0.2) is 9.78 Å². The Morgan fingerprint density at radius 2 is 1.57 bits per heavy atom. The van der Waals surface area contributed by atoms with E-state index >= 15 is 0 Å². The van der Waals surface area contributed by atoms with E-state index < -0.39 is 11.6 Å². The highest BCUT2D eigenvalue weighted by Gasteiger charge is 2.29. The minimum Gasteiger partial charge on any atom is -0.493 e. The van der Waals surface area contributed by atoms with Gasteiger partial charge in [0, 0.05) is 17.5 Å². The number of hydrogen-bond donors (Lipinski definition) is 1. The van der Waals surface area contributed by atoms with Crippen LogP contribution in [0, 0.1) is 20.8 Å². The van der Waals surface area contributed by atoms with Crippen molar-refractivity contribution in [3.63, 3.8) is 0 Å². The lowest BCUT2D eigenvalue weighted by atomic mass is 10.0. The lowest BCUT2D eigenvalue weighted by Crippen LogP contribution is -2.37. The van der Waals surface area contributed by atoms with Gasteiger partial charge in [-0.1, -0.05) is 17.3 Å². The lowest BCUT2D eigenvalue weighted by molar-refractivity contribution is -0.152. The van der Waals surface area contributed by atoms with E-state index in [0.717, 1.165) is 39.6 Å². The summed E-state index contributed by atoms with van der Waals surface area (Å²) in [4.78, 5) is 15.9. The number of aromatic nitrogens is 2. The molecule has 0 fully saturated rings. The number of aryl methyl sites for hydroxylation is 3. The smallest absolute Gasteiger partial charge is 0.347 e. The van der Waals surface area contributed by atoms with Gasteiger partial charge in [-0.15, -0.1) is 0 Å². The third-order valence-corrected chi connectivity index (χ3v) is 5.67. The third kappa shape index (κ3) is 5.37. The molecule has 0 aliphatic rings. The number of aliphatic carboxylic acids is 1. The summed E-state index contributed by atoms with van der Waals surface area (Å²) in [6.07, 6.45) is 0.580. The molecular weight excluding hydrogens is 448 g/mol. The van der Waals surface area contributed by atoms with Gasteiger partial charge in [-0.3, -0.25) is 0 Å². The summed E-state index contributed by atoms with van der Waals surface area (Å²) < 4.78 is 22.5. The van der Waals surface area contributed by atoms with Crippen molar-refractivity contribution in [1.82, 2.24) is 10.1 Å². The van der Waals surface area contributed by atoms with Crippen molar-refractivity contribution in [3.05, 3.63) is 71.4 Å². The molecule has 2 aromatic heterocycles. The van der Waals surface area contributed by atoms with Crippen molar-refractivity contribution in [2.45, 2.75) is 46.6 Å². The van der Waals surface area contributed by atoms with Crippen molar-refractivity contribution in [3.8, 4) is 34.1 Å². The van der Waals surface area contributed by atoms with Crippen LogP contribution in [0.15, 0.2) is 57.5 Å². The molecule has 0 bridgehead atoms. The molecule has 8 nitrogen and oxygen atoms in total. The SMILES string of the molecule is Cc1noc(C)c1-c1ccc(-c2nc(CCOc3ccc(OC(C)(C)C(=O)O)cc3)c(C)o2)cc1. The molecule has 0 atom stereocenters. The number of carboxylic acid groups (broad SMARTS) is 1. The molecule has 2 heterocycles. The van der Waals surface area contributed by atoms with Crippen molar-refractivity contribution >= 4 is 5.97 Å². The standard InChI is InChI=1S/C27H28N2O6/c1-16-24(18(3)35-29-16)19-6-8-20(9-7-19)25-28-23(17(2)33-25)14-15-32-21-10-12-22(13-11-21)34-27(4,5)26(30)31/h6-13H,14-15H2,1-5H3,(H,30,31). The van der Waals surface area contributed by atoms with Gasteiger partial charge >= 0.3 is 5.97 Å². The summed E-state index contributed by atoms with van der Waals surface area (Å²) in [6.45, 7) is 9.13. The number of benzene rings is 2. The first kappa shape index (κ1) is 24.1. The molecule has 8 heteroatoms. The molecule has 1 N–H and O–H groups in total. The molecule has 0 amide bonds. The maximum absolute atomic E-state index is 11.2. The first-order valence-corrected chi connectivity index (χ1v) is 11.3. The second-order valence-corrected chi connectivity index (χ2v) is 8.79. The van der Waals surface area contributed by atoms with Gasteiger partial charge in [0.15, 0.2) is 5.60 Å². The minimum absolute atomic E-state index is 0.415. The summed E-state index contributed by atoms with van der Waals surface area (Å²) in [5.74, 6) is 2.18. The average molecular weight is 477 g/mol. The fourth-order valence-electron chi connectivity index (χ4n) is 3.67. The number of carboxylic acids is 1. The van der Waals surface area contributed by atoms with Crippen LogP contribution in [0.3, 0.4) is 0 Å². The molecule has 4 aromatic rings. The van der Waals surface area contributed by atoms with E-state index in [9.17, 15) is 9.90 Å². The molecule has 0 radical (unpaired) electrons. The van der Waals surface area contributed by atoms with Crippen LogP contribution in [-0.4, -0.2) is 33.4 Å². The fourth-order valence-corrected chi connectivity index (χ4v) is 3.67. The van der Waals surface area contributed by atoms with E-state index in [2.05, 4.69) is 10.1 Å². The van der Waals surface area contributed by atoms with Crippen molar-refractivity contribution < 1.29 is 28.3 Å². The zero-order valence-electron chi connectivity index (χ0n) is 20.4. The van der Waals surface area contributed by atoms with E-state index in [0.29, 0.717) is 30.4 Å². The zero-order chi connectivity index (χ0) is 25.2. The van der Waals surface area contributed by atoms with E-state index in [1.54, 1.807) is 24.3 Å². The average Bonchev–Trinajstić information content (AvgIpc) is 3.36. The van der Waals surface area contributed by atoms with E-state index in [-0.39, 0.29) is 0 Å². The highest BCUT2D eigenvalue weighted by molar-refractivity contribution is 5.76. The molecule has 0 aliphatic carbocycles. The van der Waals surface area contributed by atoms with Crippen LogP contribution in [0.4, 0.5) is 0 Å². The highest BCUT2D eigenvalue weighted by Crippen LogP contribution is 2.30. The van der Waals surface area contributed by atoms with Gasteiger partial charge in [0.1, 0.15) is 23.0 Å². The number of oxazole rings is 1. The summed E-state index contributed by atoms with van der Waals surface area (Å²) in [5, 5.41) is 13.2. The van der Waals surface area contributed by atoms with Crippen molar-refractivity contribution in [1.29, 1.82) is 0 Å². The van der Waals surface area contributed by atoms with Crippen LogP contribution in [0.5, 0.6) is 11.5 Å². The second kappa shape index (κ2) is 9.66. The number of nitrogens with zero attached hydrogens (tertiary/aromatic N) is 2. The predicted octanol–water partition coefficient (Wildman–Crippen LogP) is 5.79. The Hall–Kier alpha value is -4.07. The molecule has 0 aliphatic heterocycles. The highest BCUT2D eigenvalue weighted by atomic mass is 16.5. The fraction of sp³-hybridized carbons (Fsp3) is 0.296. The van der Waals surface area contributed by atoms with Crippen LogP contribution in [0.2, 0.25) is 0 Å². The third-order valence-electron chi connectivity index (χ3n) is 5.67. The molecule has 182 valence electrons. The van der Waals surface area contributed by atoms with Gasteiger partial charge in [0.05, 0.1) is 18.0 Å². The normalized spacial score (nSPS) is 11.5. The summed E-state index contributed by atoms with van der Waals surface area (Å²) in [7, 11) is 0. The van der Waals surface area contributed by atoms with Crippen molar-refractivity contribution in [2.24, 2.45) is 0 Å². The number of rotatable bonds is 9. The minimum atomic E-state index is -1.31. The largest absolute Gasteiger partial charge is 0.493 e. The Balaban J connectivity index is 1.36.